The lowest BCUT2D eigenvalue weighted by Crippen LogP contribution is -2.18. The minimum atomic E-state index is -4.12. The van der Waals surface area contributed by atoms with Gasteiger partial charge in [-0.05, 0) is 38.3 Å². The van der Waals surface area contributed by atoms with Gasteiger partial charge >= 0.3 is 6.18 Å². The van der Waals surface area contributed by atoms with Gasteiger partial charge in [0.05, 0.1) is 12.3 Å². The summed E-state index contributed by atoms with van der Waals surface area (Å²) in [6, 6.07) is 4.13. The monoisotopic (exact) mass is 288 g/mol. The van der Waals surface area contributed by atoms with Crippen molar-refractivity contribution in [3.63, 3.8) is 0 Å². The molecule has 0 radical (unpaired) electrons. The van der Waals surface area contributed by atoms with Crippen molar-refractivity contribution in [2.75, 3.05) is 6.61 Å². The summed E-state index contributed by atoms with van der Waals surface area (Å²) in [4.78, 5) is 4.39. The Kier molecular flexibility index (Phi) is 4.86. The Balaban J connectivity index is 1.85. The maximum atomic E-state index is 12.1. The first-order valence-electron chi connectivity index (χ1n) is 6.83. The molecule has 0 saturated heterocycles. The molecule has 0 unspecified atom stereocenters. The SMILES string of the molecule is Cc1ccc(OCCCC(F)(F)F)c(CNC2CC2)n1. The van der Waals surface area contributed by atoms with Crippen molar-refractivity contribution >= 4 is 0 Å². The molecule has 1 fully saturated rings. The lowest BCUT2D eigenvalue weighted by molar-refractivity contribution is -0.136. The Morgan fingerprint density at radius 1 is 1.35 bits per heavy atom. The Morgan fingerprint density at radius 2 is 2.10 bits per heavy atom. The number of rotatable bonds is 7. The number of nitrogens with one attached hydrogen (secondary N) is 1. The molecule has 6 heteroatoms. The van der Waals surface area contributed by atoms with E-state index in [1.807, 2.05) is 6.92 Å². The number of pyridine rings is 1. The van der Waals surface area contributed by atoms with E-state index in [1.165, 1.54) is 12.8 Å². The van der Waals surface area contributed by atoms with Crippen molar-refractivity contribution in [3.05, 3.63) is 23.5 Å². The minimum Gasteiger partial charge on any atom is -0.492 e. The Labute approximate surface area is 116 Å². The number of hydrogen-bond acceptors (Lipinski definition) is 3. The molecule has 1 aliphatic rings. The van der Waals surface area contributed by atoms with Crippen LogP contribution in [0.3, 0.4) is 0 Å². The molecule has 3 nitrogen and oxygen atoms in total. The van der Waals surface area contributed by atoms with Gasteiger partial charge in [0.15, 0.2) is 0 Å². The second kappa shape index (κ2) is 6.43. The Hall–Kier alpha value is -1.30. The van der Waals surface area contributed by atoms with E-state index in [0.717, 1.165) is 11.4 Å². The van der Waals surface area contributed by atoms with Gasteiger partial charge in [0.2, 0.25) is 0 Å². The maximum absolute atomic E-state index is 12.1. The van der Waals surface area contributed by atoms with Crippen LogP contribution in [0, 0.1) is 6.92 Å². The lowest BCUT2D eigenvalue weighted by Gasteiger charge is -2.12. The van der Waals surface area contributed by atoms with Crippen molar-refractivity contribution in [1.29, 1.82) is 0 Å². The fraction of sp³-hybridized carbons (Fsp3) is 0.643. The molecule has 1 heterocycles. The van der Waals surface area contributed by atoms with E-state index in [1.54, 1.807) is 12.1 Å². The summed E-state index contributed by atoms with van der Waals surface area (Å²) in [6.45, 7) is 2.54. The summed E-state index contributed by atoms with van der Waals surface area (Å²) >= 11 is 0. The zero-order valence-electron chi connectivity index (χ0n) is 11.5. The van der Waals surface area contributed by atoms with Crippen LogP contribution in [0.2, 0.25) is 0 Å². The van der Waals surface area contributed by atoms with Crippen molar-refractivity contribution in [3.8, 4) is 5.75 Å². The Morgan fingerprint density at radius 3 is 2.75 bits per heavy atom. The number of alkyl halides is 3. The third-order valence-corrected chi connectivity index (χ3v) is 3.07. The summed E-state index contributed by atoms with van der Waals surface area (Å²) in [5, 5.41) is 3.33. The van der Waals surface area contributed by atoms with Crippen LogP contribution in [0.15, 0.2) is 12.1 Å². The average Bonchev–Trinajstić information content (AvgIpc) is 3.16. The highest BCUT2D eigenvalue weighted by molar-refractivity contribution is 5.29. The van der Waals surface area contributed by atoms with Crippen molar-refractivity contribution in [2.24, 2.45) is 0 Å². The van der Waals surface area contributed by atoms with Crippen molar-refractivity contribution in [2.45, 2.75) is 51.4 Å². The first-order valence-corrected chi connectivity index (χ1v) is 6.83. The maximum Gasteiger partial charge on any atom is 0.389 e. The van der Waals surface area contributed by atoms with Crippen LogP contribution >= 0.6 is 0 Å². The Bertz CT molecular complexity index is 445. The molecule has 0 aromatic carbocycles. The first-order chi connectivity index (χ1) is 9.44. The van der Waals surface area contributed by atoms with Crippen LogP contribution < -0.4 is 10.1 Å². The van der Waals surface area contributed by atoms with Crippen LogP contribution in [-0.2, 0) is 6.54 Å². The standard InChI is InChI=1S/C14H19F3N2O/c1-10-3-6-13(20-8-2-7-14(15,16)17)12(19-10)9-18-11-4-5-11/h3,6,11,18H,2,4-5,7-9H2,1H3. The molecule has 0 amide bonds. The number of nitrogens with zero attached hydrogens (tertiary/aromatic N) is 1. The smallest absolute Gasteiger partial charge is 0.389 e. The molecule has 0 atom stereocenters. The van der Waals surface area contributed by atoms with E-state index in [0.29, 0.717) is 18.3 Å². The quantitative estimate of drug-likeness (QED) is 0.781. The van der Waals surface area contributed by atoms with E-state index < -0.39 is 12.6 Å². The van der Waals surface area contributed by atoms with Crippen LogP contribution in [0.1, 0.15) is 37.1 Å². The molecule has 2 rings (SSSR count). The van der Waals surface area contributed by atoms with Crippen LogP contribution in [0.25, 0.3) is 0 Å². The number of halogens is 3. The third kappa shape index (κ3) is 5.36. The molecule has 1 aromatic rings. The van der Waals surface area contributed by atoms with E-state index in [-0.39, 0.29) is 13.0 Å². The predicted molar refractivity (Wildman–Crippen MR) is 69.6 cm³/mol. The van der Waals surface area contributed by atoms with Crippen molar-refractivity contribution in [1.82, 2.24) is 10.3 Å². The van der Waals surface area contributed by atoms with E-state index in [4.69, 9.17) is 4.74 Å². The van der Waals surface area contributed by atoms with Gasteiger partial charge in [-0.1, -0.05) is 0 Å². The molecule has 1 aliphatic carbocycles. The summed E-state index contributed by atoms with van der Waals surface area (Å²) in [5.74, 6) is 0.575. The molecule has 1 saturated carbocycles. The average molecular weight is 288 g/mol. The predicted octanol–water partition coefficient (Wildman–Crippen LogP) is 3.36. The molecular weight excluding hydrogens is 269 g/mol. The van der Waals surface area contributed by atoms with Gasteiger partial charge in [0.1, 0.15) is 5.75 Å². The molecule has 20 heavy (non-hydrogen) atoms. The third-order valence-electron chi connectivity index (χ3n) is 3.07. The topological polar surface area (TPSA) is 34.1 Å². The van der Waals surface area contributed by atoms with Gasteiger partial charge in [-0.15, -0.1) is 0 Å². The highest BCUT2D eigenvalue weighted by Gasteiger charge is 2.26. The van der Waals surface area contributed by atoms with Crippen molar-refractivity contribution < 1.29 is 17.9 Å². The highest BCUT2D eigenvalue weighted by Crippen LogP contribution is 2.24. The van der Waals surface area contributed by atoms with E-state index in [9.17, 15) is 13.2 Å². The minimum absolute atomic E-state index is 0.0349. The summed E-state index contributed by atoms with van der Waals surface area (Å²) in [7, 11) is 0. The van der Waals surface area contributed by atoms with E-state index >= 15 is 0 Å². The molecule has 0 spiro atoms. The second-order valence-electron chi connectivity index (χ2n) is 5.12. The van der Waals surface area contributed by atoms with Gasteiger partial charge < -0.3 is 10.1 Å². The van der Waals surface area contributed by atoms with Crippen LogP contribution in [0.4, 0.5) is 13.2 Å². The highest BCUT2D eigenvalue weighted by atomic mass is 19.4. The van der Waals surface area contributed by atoms with Gasteiger partial charge in [-0.2, -0.15) is 13.2 Å². The number of ether oxygens (including phenoxy) is 1. The van der Waals surface area contributed by atoms with Gasteiger partial charge in [-0.3, -0.25) is 4.98 Å². The molecule has 1 N–H and O–H groups in total. The molecule has 112 valence electrons. The summed E-state index contributed by atoms with van der Waals surface area (Å²) in [6.07, 6.45) is -2.62. The fourth-order valence-corrected chi connectivity index (χ4v) is 1.84. The van der Waals surface area contributed by atoms with Gasteiger partial charge in [-0.25, -0.2) is 0 Å². The lowest BCUT2D eigenvalue weighted by atomic mass is 10.2. The molecule has 0 aliphatic heterocycles. The zero-order valence-corrected chi connectivity index (χ0v) is 11.5. The number of aryl methyl sites for hydroxylation is 1. The van der Waals surface area contributed by atoms with E-state index in [2.05, 4.69) is 10.3 Å². The molecule has 0 bridgehead atoms. The molecule has 1 aromatic heterocycles. The number of hydrogen-bond donors (Lipinski definition) is 1. The number of aromatic nitrogens is 1. The molecular formula is C14H19F3N2O. The normalized spacial score (nSPS) is 15.4. The summed E-state index contributed by atoms with van der Waals surface area (Å²) in [5.41, 5.74) is 1.64. The fourth-order valence-electron chi connectivity index (χ4n) is 1.84. The van der Waals surface area contributed by atoms with Gasteiger partial charge in [0, 0.05) is 24.7 Å². The first kappa shape index (κ1) is 15.1. The zero-order chi connectivity index (χ0) is 14.6. The largest absolute Gasteiger partial charge is 0.492 e. The van der Waals surface area contributed by atoms with Gasteiger partial charge in [0.25, 0.3) is 0 Å². The summed E-state index contributed by atoms with van der Waals surface area (Å²) < 4.78 is 41.6. The van der Waals surface area contributed by atoms with Crippen LogP contribution in [0.5, 0.6) is 5.75 Å². The second-order valence-corrected chi connectivity index (χ2v) is 5.12. The van der Waals surface area contributed by atoms with Crippen LogP contribution in [-0.4, -0.2) is 23.8 Å².